The largest absolute Gasteiger partial charge is 0.481 e. The van der Waals surface area contributed by atoms with E-state index in [1.807, 2.05) is 6.07 Å². The average Bonchev–Trinajstić information content (AvgIpc) is 2.48. The molecule has 5 N–H and O–H groups in total. The Morgan fingerprint density at radius 1 is 1.27 bits per heavy atom. The molecule has 0 unspecified atom stereocenters. The van der Waals surface area contributed by atoms with Gasteiger partial charge in [-0.25, -0.2) is 0 Å². The molecule has 0 saturated carbocycles. The Bertz CT molecular complexity index is 741. The second-order valence-corrected chi connectivity index (χ2v) is 4.67. The molecule has 22 heavy (non-hydrogen) atoms. The van der Waals surface area contributed by atoms with Crippen LogP contribution in [0, 0.1) is 5.41 Å². The van der Waals surface area contributed by atoms with Crippen molar-refractivity contribution in [3.63, 3.8) is 0 Å². The average molecular weight is 297 g/mol. The number of hydrogen-bond donors (Lipinski definition) is 4. The minimum absolute atomic E-state index is 0.0616. The number of nitrogen functional groups attached to an aromatic ring is 1. The van der Waals surface area contributed by atoms with Crippen molar-refractivity contribution >= 4 is 23.9 Å². The first-order chi connectivity index (χ1) is 10.5. The third kappa shape index (κ3) is 3.29. The highest BCUT2D eigenvalue weighted by Crippen LogP contribution is 2.31. The first kappa shape index (κ1) is 15.2. The molecule has 6 nitrogen and oxygen atoms in total. The molecular formula is C16H15N3O3. The molecule has 0 aliphatic heterocycles. The summed E-state index contributed by atoms with van der Waals surface area (Å²) in [6.07, 6.45) is 0.315. The predicted octanol–water partition coefficient (Wildman–Crippen LogP) is 1.83. The SMILES string of the molecule is N=C(N)c1cccc(-c2cccc(CC(=O)O)c2NC=O)c1. The number of carbonyl (C=O) groups excluding carboxylic acids is 1. The van der Waals surface area contributed by atoms with E-state index in [0.29, 0.717) is 28.8 Å². The van der Waals surface area contributed by atoms with Gasteiger partial charge in [0.1, 0.15) is 5.84 Å². The second-order valence-electron chi connectivity index (χ2n) is 4.67. The van der Waals surface area contributed by atoms with Crippen LogP contribution in [0.5, 0.6) is 0 Å². The van der Waals surface area contributed by atoms with Crippen LogP contribution in [0.15, 0.2) is 42.5 Å². The minimum Gasteiger partial charge on any atom is -0.481 e. The zero-order valence-corrected chi connectivity index (χ0v) is 11.7. The van der Waals surface area contributed by atoms with Gasteiger partial charge in [-0.05, 0) is 17.2 Å². The number of hydrogen-bond acceptors (Lipinski definition) is 3. The van der Waals surface area contributed by atoms with Gasteiger partial charge in [0.05, 0.1) is 12.1 Å². The normalized spacial score (nSPS) is 10.0. The van der Waals surface area contributed by atoms with E-state index in [1.54, 1.807) is 36.4 Å². The third-order valence-electron chi connectivity index (χ3n) is 3.18. The number of nitrogens with two attached hydrogens (primary N) is 1. The number of carboxylic acids is 1. The predicted molar refractivity (Wildman–Crippen MR) is 83.9 cm³/mol. The summed E-state index contributed by atoms with van der Waals surface area (Å²) < 4.78 is 0. The van der Waals surface area contributed by atoms with Gasteiger partial charge in [-0.1, -0.05) is 36.4 Å². The molecule has 0 atom stereocenters. The van der Waals surface area contributed by atoms with E-state index in [4.69, 9.17) is 16.2 Å². The van der Waals surface area contributed by atoms with Gasteiger partial charge >= 0.3 is 5.97 Å². The lowest BCUT2D eigenvalue weighted by molar-refractivity contribution is -0.136. The van der Waals surface area contributed by atoms with E-state index in [2.05, 4.69) is 5.32 Å². The molecule has 1 amide bonds. The summed E-state index contributed by atoms with van der Waals surface area (Å²) in [5.74, 6) is -1.04. The first-order valence-corrected chi connectivity index (χ1v) is 6.51. The Labute approximate surface area is 127 Å². The van der Waals surface area contributed by atoms with Crippen molar-refractivity contribution in [3.05, 3.63) is 53.6 Å². The lowest BCUT2D eigenvalue weighted by atomic mass is 9.97. The van der Waals surface area contributed by atoms with Crippen molar-refractivity contribution in [2.24, 2.45) is 5.73 Å². The smallest absolute Gasteiger partial charge is 0.307 e. The van der Waals surface area contributed by atoms with Crippen molar-refractivity contribution in [2.75, 3.05) is 5.32 Å². The minimum atomic E-state index is -0.983. The number of anilines is 1. The van der Waals surface area contributed by atoms with Crippen LogP contribution in [-0.2, 0) is 16.0 Å². The number of para-hydroxylation sites is 1. The van der Waals surface area contributed by atoms with Gasteiger partial charge in [-0.2, -0.15) is 0 Å². The zero-order valence-electron chi connectivity index (χ0n) is 11.7. The number of carbonyl (C=O) groups is 2. The van der Waals surface area contributed by atoms with Gasteiger partial charge in [0, 0.05) is 11.1 Å². The standard InChI is InChI=1S/C16H15N3O3/c17-16(18)12-5-1-3-10(7-12)13-6-2-4-11(8-14(21)22)15(13)19-9-20/h1-7,9H,8H2,(H3,17,18)(H,19,20)(H,21,22). The third-order valence-corrected chi connectivity index (χ3v) is 3.18. The molecule has 2 rings (SSSR count). The monoisotopic (exact) mass is 297 g/mol. The van der Waals surface area contributed by atoms with Crippen molar-refractivity contribution in [3.8, 4) is 11.1 Å². The number of benzene rings is 2. The van der Waals surface area contributed by atoms with E-state index in [0.717, 1.165) is 5.56 Å². The summed E-state index contributed by atoms with van der Waals surface area (Å²) in [4.78, 5) is 21.8. The molecule has 0 aromatic heterocycles. The van der Waals surface area contributed by atoms with Crippen LogP contribution in [0.1, 0.15) is 11.1 Å². The molecule has 0 radical (unpaired) electrons. The number of amidine groups is 1. The second kappa shape index (κ2) is 6.53. The van der Waals surface area contributed by atoms with E-state index in [1.165, 1.54) is 0 Å². The van der Waals surface area contributed by atoms with Crippen LogP contribution in [0.3, 0.4) is 0 Å². The Morgan fingerprint density at radius 2 is 2.00 bits per heavy atom. The van der Waals surface area contributed by atoms with Gasteiger partial charge < -0.3 is 16.2 Å². The van der Waals surface area contributed by atoms with Crippen molar-refractivity contribution in [1.82, 2.24) is 0 Å². The maximum atomic E-state index is 11.0. The quantitative estimate of drug-likeness (QED) is 0.370. The summed E-state index contributed by atoms with van der Waals surface area (Å²) >= 11 is 0. The molecular weight excluding hydrogens is 282 g/mol. The zero-order chi connectivity index (χ0) is 16.1. The summed E-state index contributed by atoms with van der Waals surface area (Å²) in [6.45, 7) is 0. The first-order valence-electron chi connectivity index (χ1n) is 6.51. The fourth-order valence-corrected chi connectivity index (χ4v) is 2.23. The van der Waals surface area contributed by atoms with Crippen LogP contribution >= 0.6 is 0 Å². The number of rotatable bonds is 6. The fourth-order valence-electron chi connectivity index (χ4n) is 2.23. The molecule has 0 spiro atoms. The van der Waals surface area contributed by atoms with Crippen LogP contribution < -0.4 is 11.1 Å². The van der Waals surface area contributed by atoms with Gasteiger partial charge in [-0.15, -0.1) is 0 Å². The Hall–Kier alpha value is -3.15. The summed E-state index contributed by atoms with van der Waals surface area (Å²) in [5, 5.41) is 19.0. The van der Waals surface area contributed by atoms with E-state index in [-0.39, 0.29) is 12.3 Å². The van der Waals surface area contributed by atoms with Gasteiger partial charge in [0.25, 0.3) is 0 Å². The maximum absolute atomic E-state index is 11.0. The highest BCUT2D eigenvalue weighted by molar-refractivity contribution is 5.97. The highest BCUT2D eigenvalue weighted by Gasteiger charge is 2.13. The highest BCUT2D eigenvalue weighted by atomic mass is 16.4. The molecule has 0 heterocycles. The molecule has 0 aliphatic carbocycles. The Morgan fingerprint density at radius 3 is 2.64 bits per heavy atom. The number of aliphatic carboxylic acids is 1. The molecule has 2 aromatic carbocycles. The number of amides is 1. The summed E-state index contributed by atoms with van der Waals surface area (Å²) in [7, 11) is 0. The summed E-state index contributed by atoms with van der Waals surface area (Å²) in [6, 6.07) is 12.1. The van der Waals surface area contributed by atoms with Gasteiger partial charge in [-0.3, -0.25) is 15.0 Å². The van der Waals surface area contributed by atoms with E-state index < -0.39 is 5.97 Å². The molecule has 2 aromatic rings. The molecule has 0 saturated heterocycles. The Kier molecular flexibility index (Phi) is 4.53. The molecule has 6 heteroatoms. The topological polar surface area (TPSA) is 116 Å². The fraction of sp³-hybridized carbons (Fsp3) is 0.0625. The molecule has 112 valence electrons. The van der Waals surface area contributed by atoms with Crippen molar-refractivity contribution in [2.45, 2.75) is 6.42 Å². The number of carboxylic acid groups (broad SMARTS) is 1. The summed E-state index contributed by atoms with van der Waals surface area (Å²) in [5.41, 5.74) is 8.41. The molecule has 0 aliphatic rings. The van der Waals surface area contributed by atoms with Crippen LogP contribution in [0.4, 0.5) is 5.69 Å². The van der Waals surface area contributed by atoms with Crippen molar-refractivity contribution < 1.29 is 14.7 Å². The molecule has 0 bridgehead atoms. The van der Waals surface area contributed by atoms with Crippen LogP contribution in [0.25, 0.3) is 11.1 Å². The maximum Gasteiger partial charge on any atom is 0.307 e. The van der Waals surface area contributed by atoms with Crippen LogP contribution in [-0.4, -0.2) is 23.3 Å². The Balaban J connectivity index is 2.58. The van der Waals surface area contributed by atoms with E-state index in [9.17, 15) is 9.59 Å². The number of nitrogens with one attached hydrogen (secondary N) is 2. The lowest BCUT2D eigenvalue weighted by Crippen LogP contribution is -2.11. The lowest BCUT2D eigenvalue weighted by Gasteiger charge is -2.13. The molecule has 0 fully saturated rings. The van der Waals surface area contributed by atoms with Crippen molar-refractivity contribution in [1.29, 1.82) is 5.41 Å². The van der Waals surface area contributed by atoms with Crippen LogP contribution in [0.2, 0.25) is 0 Å². The van der Waals surface area contributed by atoms with Gasteiger partial charge in [0.2, 0.25) is 6.41 Å². The van der Waals surface area contributed by atoms with E-state index >= 15 is 0 Å². The van der Waals surface area contributed by atoms with Gasteiger partial charge in [0.15, 0.2) is 0 Å².